The SMILES string of the molecule is CC(C(N)=S)S(=O)(=O)Nc1nccnn1. The number of sulfonamides is 1. The molecule has 1 rings (SSSR count). The Balaban J connectivity index is 2.87. The fourth-order valence-corrected chi connectivity index (χ4v) is 1.87. The van der Waals surface area contributed by atoms with E-state index in [9.17, 15) is 8.42 Å². The zero-order chi connectivity index (χ0) is 11.5. The number of nitrogens with one attached hydrogen (secondary N) is 1. The summed E-state index contributed by atoms with van der Waals surface area (Å²) in [5.74, 6) is -0.111. The predicted octanol–water partition coefficient (Wildman–Crippen LogP) is -0.712. The molecule has 3 N–H and O–H groups in total. The van der Waals surface area contributed by atoms with Gasteiger partial charge in [0.1, 0.15) is 5.25 Å². The van der Waals surface area contributed by atoms with Crippen molar-refractivity contribution in [2.75, 3.05) is 4.72 Å². The minimum Gasteiger partial charge on any atom is -0.392 e. The molecule has 0 fully saturated rings. The normalized spacial score (nSPS) is 13.1. The van der Waals surface area contributed by atoms with Gasteiger partial charge < -0.3 is 5.73 Å². The molecule has 0 saturated heterocycles. The summed E-state index contributed by atoms with van der Waals surface area (Å²) in [5.41, 5.74) is 5.23. The van der Waals surface area contributed by atoms with E-state index in [1.807, 2.05) is 0 Å². The summed E-state index contributed by atoms with van der Waals surface area (Å²) >= 11 is 4.58. The molecule has 82 valence electrons. The Morgan fingerprint density at radius 3 is 2.73 bits per heavy atom. The summed E-state index contributed by atoms with van der Waals surface area (Å²) < 4.78 is 25.2. The monoisotopic (exact) mass is 247 g/mol. The molecule has 1 aromatic rings. The molecule has 0 radical (unpaired) electrons. The van der Waals surface area contributed by atoms with E-state index in [1.165, 1.54) is 19.3 Å². The third-order valence-electron chi connectivity index (χ3n) is 1.58. The van der Waals surface area contributed by atoms with Gasteiger partial charge in [-0.2, -0.15) is 5.10 Å². The lowest BCUT2D eigenvalue weighted by atomic mass is 10.5. The quantitative estimate of drug-likeness (QED) is 0.676. The van der Waals surface area contributed by atoms with Crippen molar-refractivity contribution in [3.05, 3.63) is 12.4 Å². The molecule has 1 unspecified atom stereocenters. The molecule has 1 atom stereocenters. The highest BCUT2D eigenvalue weighted by Gasteiger charge is 2.24. The van der Waals surface area contributed by atoms with E-state index in [-0.39, 0.29) is 10.9 Å². The van der Waals surface area contributed by atoms with Gasteiger partial charge in [-0.3, -0.25) is 0 Å². The molecule has 0 aromatic carbocycles. The van der Waals surface area contributed by atoms with Crippen LogP contribution in [0, 0.1) is 0 Å². The van der Waals surface area contributed by atoms with Gasteiger partial charge in [-0.15, -0.1) is 5.10 Å². The van der Waals surface area contributed by atoms with Gasteiger partial charge in [0.25, 0.3) is 5.95 Å². The van der Waals surface area contributed by atoms with E-state index in [4.69, 9.17) is 5.73 Å². The van der Waals surface area contributed by atoms with Crippen molar-refractivity contribution in [3.8, 4) is 0 Å². The van der Waals surface area contributed by atoms with Gasteiger partial charge in [0, 0.05) is 0 Å². The van der Waals surface area contributed by atoms with Crippen molar-refractivity contribution >= 4 is 33.2 Å². The summed E-state index contributed by atoms with van der Waals surface area (Å²) in [5, 5.41) is 5.95. The number of nitrogens with zero attached hydrogens (tertiary/aromatic N) is 3. The standard InChI is InChI=1S/C6H9N5O2S2/c1-4(5(7)14)15(12,13)11-6-8-2-3-9-10-6/h2-4H,1H3,(H2,7,14)(H,8,10,11). The van der Waals surface area contributed by atoms with Crippen LogP contribution in [0.4, 0.5) is 5.95 Å². The van der Waals surface area contributed by atoms with Crippen LogP contribution >= 0.6 is 12.2 Å². The molecule has 0 amide bonds. The van der Waals surface area contributed by atoms with Crippen molar-refractivity contribution in [2.45, 2.75) is 12.2 Å². The molecule has 7 nitrogen and oxygen atoms in total. The Kier molecular flexibility index (Phi) is 3.48. The predicted molar refractivity (Wildman–Crippen MR) is 58.6 cm³/mol. The summed E-state index contributed by atoms with van der Waals surface area (Å²) in [4.78, 5) is 3.54. The molecule has 0 bridgehead atoms. The second-order valence-electron chi connectivity index (χ2n) is 2.66. The number of aromatic nitrogens is 3. The van der Waals surface area contributed by atoms with Crippen molar-refractivity contribution in [3.63, 3.8) is 0 Å². The summed E-state index contributed by atoms with van der Waals surface area (Å²) in [6.45, 7) is 1.38. The molecule has 15 heavy (non-hydrogen) atoms. The fraction of sp³-hybridized carbons (Fsp3) is 0.333. The van der Waals surface area contributed by atoms with Crippen LogP contribution in [0.25, 0.3) is 0 Å². The van der Waals surface area contributed by atoms with Crippen LogP contribution in [0.5, 0.6) is 0 Å². The van der Waals surface area contributed by atoms with Crippen molar-refractivity contribution < 1.29 is 8.42 Å². The van der Waals surface area contributed by atoms with Crippen LogP contribution < -0.4 is 10.5 Å². The van der Waals surface area contributed by atoms with Gasteiger partial charge in [-0.1, -0.05) is 12.2 Å². The molecule has 1 aromatic heterocycles. The minimum absolute atomic E-state index is 0.111. The Labute approximate surface area is 92.2 Å². The lowest BCUT2D eigenvalue weighted by molar-refractivity contribution is 0.598. The average Bonchev–Trinajstić information content (AvgIpc) is 2.17. The topological polar surface area (TPSA) is 111 Å². The number of thiocarbonyl (C=S) groups is 1. The molecule has 1 heterocycles. The first kappa shape index (κ1) is 11.7. The first-order valence-corrected chi connectivity index (χ1v) is 5.83. The van der Waals surface area contributed by atoms with Crippen LogP contribution in [-0.4, -0.2) is 33.8 Å². The molecular formula is C6H9N5O2S2. The molecular weight excluding hydrogens is 238 g/mol. The smallest absolute Gasteiger partial charge is 0.256 e. The van der Waals surface area contributed by atoms with Crippen LogP contribution in [0.1, 0.15) is 6.92 Å². The van der Waals surface area contributed by atoms with E-state index in [1.54, 1.807) is 0 Å². The third-order valence-corrected chi connectivity index (χ3v) is 3.74. The first-order chi connectivity index (χ1) is 6.93. The van der Waals surface area contributed by atoms with E-state index >= 15 is 0 Å². The Hall–Kier alpha value is -1.35. The largest absolute Gasteiger partial charge is 0.392 e. The zero-order valence-corrected chi connectivity index (χ0v) is 9.42. The van der Waals surface area contributed by atoms with Crippen molar-refractivity contribution in [1.29, 1.82) is 0 Å². The number of anilines is 1. The molecule has 0 aliphatic carbocycles. The van der Waals surface area contributed by atoms with Crippen molar-refractivity contribution in [2.24, 2.45) is 5.73 Å². The van der Waals surface area contributed by atoms with Gasteiger partial charge >= 0.3 is 0 Å². The highest BCUT2D eigenvalue weighted by atomic mass is 32.2. The minimum atomic E-state index is -3.69. The maximum Gasteiger partial charge on any atom is 0.256 e. The Morgan fingerprint density at radius 2 is 2.27 bits per heavy atom. The zero-order valence-electron chi connectivity index (χ0n) is 7.78. The van der Waals surface area contributed by atoms with E-state index in [0.29, 0.717) is 0 Å². The summed E-state index contributed by atoms with van der Waals surface area (Å²) in [6, 6.07) is 0. The van der Waals surface area contributed by atoms with E-state index < -0.39 is 15.3 Å². The summed E-state index contributed by atoms with van der Waals surface area (Å²) in [7, 11) is -3.69. The van der Waals surface area contributed by atoms with Crippen LogP contribution in [0.15, 0.2) is 12.4 Å². The summed E-state index contributed by atoms with van der Waals surface area (Å²) in [6.07, 6.45) is 2.64. The Bertz CT molecular complexity index is 446. The lowest BCUT2D eigenvalue weighted by Gasteiger charge is -2.11. The van der Waals surface area contributed by atoms with Gasteiger partial charge in [-0.25, -0.2) is 18.1 Å². The maximum absolute atomic E-state index is 11.6. The maximum atomic E-state index is 11.6. The number of hydrogen-bond acceptors (Lipinski definition) is 6. The lowest BCUT2D eigenvalue weighted by Crippen LogP contribution is -2.36. The number of hydrogen-bond donors (Lipinski definition) is 2. The van der Waals surface area contributed by atoms with Gasteiger partial charge in [0.15, 0.2) is 0 Å². The van der Waals surface area contributed by atoms with E-state index in [2.05, 4.69) is 32.1 Å². The van der Waals surface area contributed by atoms with Crippen molar-refractivity contribution in [1.82, 2.24) is 15.2 Å². The van der Waals surface area contributed by atoms with Gasteiger partial charge in [0.05, 0.1) is 17.4 Å². The highest BCUT2D eigenvalue weighted by molar-refractivity contribution is 7.95. The second kappa shape index (κ2) is 4.45. The average molecular weight is 247 g/mol. The molecule has 0 spiro atoms. The number of rotatable bonds is 4. The van der Waals surface area contributed by atoms with Gasteiger partial charge in [0.2, 0.25) is 10.0 Å². The third kappa shape index (κ3) is 3.06. The Morgan fingerprint density at radius 1 is 1.60 bits per heavy atom. The fourth-order valence-electron chi connectivity index (χ4n) is 0.663. The molecule has 9 heteroatoms. The molecule has 0 saturated carbocycles. The van der Waals surface area contributed by atoms with Gasteiger partial charge in [-0.05, 0) is 6.92 Å². The second-order valence-corrected chi connectivity index (χ2v) is 5.13. The van der Waals surface area contributed by atoms with Crippen LogP contribution in [-0.2, 0) is 10.0 Å². The van der Waals surface area contributed by atoms with Crippen LogP contribution in [0.2, 0.25) is 0 Å². The van der Waals surface area contributed by atoms with E-state index in [0.717, 1.165) is 0 Å². The molecule has 0 aliphatic heterocycles. The van der Waals surface area contributed by atoms with Crippen LogP contribution in [0.3, 0.4) is 0 Å². The first-order valence-electron chi connectivity index (χ1n) is 3.88. The number of nitrogens with two attached hydrogens (primary N) is 1. The highest BCUT2D eigenvalue weighted by Crippen LogP contribution is 2.05. The molecule has 0 aliphatic rings.